The molecule has 1 aromatic rings. The highest BCUT2D eigenvalue weighted by Gasteiger charge is 2.38. The Labute approximate surface area is 125 Å². The molecule has 4 nitrogen and oxygen atoms in total. The van der Waals surface area contributed by atoms with Crippen LogP contribution >= 0.6 is 27.7 Å². The van der Waals surface area contributed by atoms with Crippen molar-refractivity contribution in [3.63, 3.8) is 0 Å². The quantitative estimate of drug-likeness (QED) is 0.744. The van der Waals surface area contributed by atoms with Crippen molar-refractivity contribution < 1.29 is 9.90 Å². The van der Waals surface area contributed by atoms with Crippen LogP contribution in [-0.4, -0.2) is 33.4 Å². The van der Waals surface area contributed by atoms with Crippen LogP contribution in [0.4, 0.5) is 0 Å². The van der Waals surface area contributed by atoms with E-state index < -0.39 is 11.5 Å². The second-order valence-electron chi connectivity index (χ2n) is 4.94. The molecule has 104 valence electrons. The van der Waals surface area contributed by atoms with Crippen LogP contribution in [0.1, 0.15) is 26.2 Å². The molecule has 0 amide bonds. The number of halogens is 1. The van der Waals surface area contributed by atoms with Crippen molar-refractivity contribution in [1.29, 1.82) is 0 Å². The number of nitrogens with zero attached hydrogens (tertiary/aromatic N) is 1. The van der Waals surface area contributed by atoms with Gasteiger partial charge >= 0.3 is 5.97 Å². The fourth-order valence-corrected chi connectivity index (χ4v) is 3.39. The predicted octanol–water partition coefficient (Wildman–Crippen LogP) is 2.92. The number of hydrogen-bond acceptors (Lipinski definition) is 4. The highest BCUT2D eigenvalue weighted by Crippen LogP contribution is 2.29. The average Bonchev–Trinajstić information content (AvgIpc) is 3.15. The van der Waals surface area contributed by atoms with Crippen LogP contribution in [0.25, 0.3) is 0 Å². The number of rotatable bonds is 7. The monoisotopic (exact) mass is 344 g/mol. The third-order valence-electron chi connectivity index (χ3n) is 3.14. The summed E-state index contributed by atoms with van der Waals surface area (Å²) in [6.07, 6.45) is 4.49. The summed E-state index contributed by atoms with van der Waals surface area (Å²) in [6.45, 7) is 1.77. The van der Waals surface area contributed by atoms with Crippen LogP contribution in [-0.2, 0) is 4.79 Å². The van der Waals surface area contributed by atoms with E-state index in [9.17, 15) is 9.90 Å². The maximum Gasteiger partial charge on any atom is 0.323 e. The van der Waals surface area contributed by atoms with Gasteiger partial charge < -0.3 is 5.11 Å². The van der Waals surface area contributed by atoms with Gasteiger partial charge in [0, 0.05) is 22.5 Å². The zero-order chi connectivity index (χ0) is 13.9. The summed E-state index contributed by atoms with van der Waals surface area (Å²) in [7, 11) is 0. The van der Waals surface area contributed by atoms with Gasteiger partial charge in [0.25, 0.3) is 0 Å². The van der Waals surface area contributed by atoms with E-state index in [2.05, 4.69) is 26.2 Å². The van der Waals surface area contributed by atoms with Crippen LogP contribution in [0.5, 0.6) is 0 Å². The number of hydrogen-bond donors (Lipinski definition) is 2. The van der Waals surface area contributed by atoms with Gasteiger partial charge in [0.05, 0.1) is 0 Å². The lowest BCUT2D eigenvalue weighted by atomic mass is 9.99. The number of carbonyl (C=O) groups is 1. The van der Waals surface area contributed by atoms with E-state index in [-0.39, 0.29) is 0 Å². The molecule has 0 aromatic carbocycles. The van der Waals surface area contributed by atoms with Gasteiger partial charge in [0.1, 0.15) is 10.6 Å². The van der Waals surface area contributed by atoms with Crippen molar-refractivity contribution in [1.82, 2.24) is 10.3 Å². The third kappa shape index (κ3) is 4.19. The molecule has 0 radical (unpaired) electrons. The fourth-order valence-electron chi connectivity index (χ4n) is 1.75. The number of aromatic nitrogens is 1. The number of carboxylic acids is 1. The Morgan fingerprint density at radius 2 is 2.42 bits per heavy atom. The van der Waals surface area contributed by atoms with Gasteiger partial charge in [-0.3, -0.25) is 10.1 Å². The molecule has 1 atom stereocenters. The van der Waals surface area contributed by atoms with Gasteiger partial charge in [0.2, 0.25) is 0 Å². The minimum absolute atomic E-state index is 0.382. The van der Waals surface area contributed by atoms with Crippen LogP contribution in [0.15, 0.2) is 27.8 Å². The average molecular weight is 345 g/mol. The second-order valence-corrected chi connectivity index (χ2v) is 6.88. The van der Waals surface area contributed by atoms with Crippen LogP contribution in [0.2, 0.25) is 0 Å². The minimum atomic E-state index is -0.838. The molecule has 2 rings (SSSR count). The van der Waals surface area contributed by atoms with E-state index in [0.717, 1.165) is 28.1 Å². The van der Waals surface area contributed by atoms with Crippen molar-refractivity contribution in [2.24, 2.45) is 0 Å². The molecular weight excluding hydrogens is 328 g/mol. The van der Waals surface area contributed by atoms with Gasteiger partial charge in [-0.15, -0.1) is 11.8 Å². The molecule has 1 aliphatic rings. The minimum Gasteiger partial charge on any atom is -0.480 e. The number of pyridine rings is 1. The third-order valence-corrected chi connectivity index (χ3v) is 5.05. The van der Waals surface area contributed by atoms with Crippen LogP contribution in [0, 0.1) is 0 Å². The van der Waals surface area contributed by atoms with E-state index in [1.165, 1.54) is 0 Å². The Hall–Kier alpha value is -0.590. The lowest BCUT2D eigenvalue weighted by Crippen LogP contribution is -2.50. The van der Waals surface area contributed by atoms with Crippen molar-refractivity contribution >= 4 is 33.7 Å². The maximum atomic E-state index is 11.4. The molecule has 0 saturated heterocycles. The van der Waals surface area contributed by atoms with Crippen LogP contribution < -0.4 is 5.32 Å². The van der Waals surface area contributed by atoms with Crippen molar-refractivity contribution in [2.45, 2.75) is 42.8 Å². The smallest absolute Gasteiger partial charge is 0.323 e. The normalized spacial score (nSPS) is 18.0. The Kier molecular flexibility index (Phi) is 4.86. The van der Waals surface area contributed by atoms with Crippen molar-refractivity contribution in [3.05, 3.63) is 22.8 Å². The van der Waals surface area contributed by atoms with Crippen molar-refractivity contribution in [3.8, 4) is 0 Å². The fraction of sp³-hybridized carbons (Fsp3) is 0.538. The molecule has 2 N–H and O–H groups in total. The zero-order valence-corrected chi connectivity index (χ0v) is 13.1. The molecule has 6 heteroatoms. The highest BCUT2D eigenvalue weighted by molar-refractivity contribution is 9.10. The molecule has 1 aromatic heterocycles. The summed E-state index contributed by atoms with van der Waals surface area (Å²) < 4.78 is 0.951. The lowest BCUT2D eigenvalue weighted by molar-refractivity contribution is -0.144. The Bertz CT molecular complexity index is 468. The Morgan fingerprint density at radius 1 is 1.68 bits per heavy atom. The summed E-state index contributed by atoms with van der Waals surface area (Å²) in [6, 6.07) is 4.19. The SMILES string of the molecule is CC(CCSc1ncccc1Br)(NC1CC1)C(=O)O. The lowest BCUT2D eigenvalue weighted by Gasteiger charge is -2.26. The molecule has 1 saturated carbocycles. The molecular formula is C13H17BrN2O2S. The first-order valence-electron chi connectivity index (χ1n) is 6.26. The molecule has 0 spiro atoms. The molecule has 19 heavy (non-hydrogen) atoms. The largest absolute Gasteiger partial charge is 0.480 e. The van der Waals surface area contributed by atoms with Gasteiger partial charge in [-0.2, -0.15) is 0 Å². The molecule has 1 aliphatic carbocycles. The van der Waals surface area contributed by atoms with E-state index in [1.807, 2.05) is 12.1 Å². The topological polar surface area (TPSA) is 62.2 Å². The van der Waals surface area contributed by atoms with E-state index in [1.54, 1.807) is 24.9 Å². The standard InChI is InChI=1S/C13H17BrN2O2S/c1-13(12(17)18,16-9-4-5-9)6-8-19-11-10(14)3-2-7-15-11/h2-3,7,9,16H,4-6,8H2,1H3,(H,17,18). The number of carboxylic acid groups (broad SMARTS) is 1. The first kappa shape index (κ1) is 14.8. The number of aliphatic carboxylic acids is 1. The Morgan fingerprint density at radius 3 is 3.00 bits per heavy atom. The van der Waals surface area contributed by atoms with Gasteiger partial charge in [0.15, 0.2) is 0 Å². The second kappa shape index (κ2) is 6.24. The maximum absolute atomic E-state index is 11.4. The predicted molar refractivity (Wildman–Crippen MR) is 79.5 cm³/mol. The summed E-state index contributed by atoms with van der Waals surface area (Å²) in [5, 5.41) is 13.5. The zero-order valence-electron chi connectivity index (χ0n) is 10.7. The summed E-state index contributed by atoms with van der Waals surface area (Å²) >= 11 is 5.02. The summed E-state index contributed by atoms with van der Waals surface area (Å²) in [5.74, 6) is -0.0573. The van der Waals surface area contributed by atoms with Crippen molar-refractivity contribution in [2.75, 3.05) is 5.75 Å². The first-order chi connectivity index (χ1) is 9.01. The molecule has 1 fully saturated rings. The summed E-state index contributed by atoms with van der Waals surface area (Å²) in [4.78, 5) is 15.7. The van der Waals surface area contributed by atoms with Gasteiger partial charge in [-0.05, 0) is 54.2 Å². The number of nitrogens with one attached hydrogen (secondary N) is 1. The summed E-state index contributed by atoms with van der Waals surface area (Å²) in [5.41, 5.74) is -0.838. The number of thioether (sulfide) groups is 1. The Balaban J connectivity index is 1.88. The van der Waals surface area contributed by atoms with Gasteiger partial charge in [-0.25, -0.2) is 4.98 Å². The van der Waals surface area contributed by atoms with E-state index in [0.29, 0.717) is 12.5 Å². The highest BCUT2D eigenvalue weighted by atomic mass is 79.9. The first-order valence-corrected chi connectivity index (χ1v) is 8.03. The van der Waals surface area contributed by atoms with Crippen LogP contribution in [0.3, 0.4) is 0 Å². The van der Waals surface area contributed by atoms with E-state index >= 15 is 0 Å². The van der Waals surface area contributed by atoms with E-state index in [4.69, 9.17) is 0 Å². The molecule has 0 bridgehead atoms. The molecule has 1 heterocycles. The van der Waals surface area contributed by atoms with Gasteiger partial charge in [-0.1, -0.05) is 0 Å². The molecule has 0 aliphatic heterocycles. The molecule has 1 unspecified atom stereocenters.